The van der Waals surface area contributed by atoms with Crippen LogP contribution in [0.3, 0.4) is 0 Å². The third kappa shape index (κ3) is 4.14. The van der Waals surface area contributed by atoms with E-state index in [0.29, 0.717) is 11.4 Å². The van der Waals surface area contributed by atoms with Crippen molar-refractivity contribution >= 4 is 11.9 Å². The van der Waals surface area contributed by atoms with Gasteiger partial charge in [-0.15, -0.1) is 0 Å². The van der Waals surface area contributed by atoms with Crippen LogP contribution in [0.4, 0.5) is 0 Å². The molecule has 1 aromatic carbocycles. The molecular formula is C16H17N3O6. The molecule has 0 spiro atoms. The molecule has 2 rings (SSSR count). The lowest BCUT2D eigenvalue weighted by atomic mass is 10.3. The number of methoxy groups -OCH3 is 1. The van der Waals surface area contributed by atoms with E-state index in [1.54, 1.807) is 31.2 Å². The molecule has 9 heteroatoms. The number of rotatable bonds is 6. The standard InChI is InChI=1S/C16H17N3O6/c1-3-25-14(22)9-17-16(23)15-11(20)8-13(21)19(18-15)10-6-4-5-7-12(10)24-2/h4-8,20H,3,9H2,1-2H3,(H,17,23). The minimum atomic E-state index is -0.825. The number of carbonyl (C=O) groups excluding carboxylic acids is 2. The Morgan fingerprint density at radius 3 is 2.72 bits per heavy atom. The maximum Gasteiger partial charge on any atom is 0.325 e. The summed E-state index contributed by atoms with van der Waals surface area (Å²) in [7, 11) is 1.43. The summed E-state index contributed by atoms with van der Waals surface area (Å²) < 4.78 is 10.8. The average molecular weight is 347 g/mol. The number of aromatic nitrogens is 2. The molecule has 1 heterocycles. The van der Waals surface area contributed by atoms with Crippen molar-refractivity contribution < 1.29 is 24.2 Å². The van der Waals surface area contributed by atoms with Crippen LogP contribution in [-0.4, -0.2) is 47.0 Å². The zero-order valence-corrected chi connectivity index (χ0v) is 13.7. The summed E-state index contributed by atoms with van der Waals surface area (Å²) in [6, 6.07) is 7.43. The Hall–Kier alpha value is -3.36. The second-order valence-corrected chi connectivity index (χ2v) is 4.79. The Bertz CT molecular complexity index is 846. The van der Waals surface area contributed by atoms with E-state index < -0.39 is 28.9 Å². The quantitative estimate of drug-likeness (QED) is 0.718. The average Bonchev–Trinajstić information content (AvgIpc) is 2.60. The van der Waals surface area contributed by atoms with Crippen molar-refractivity contribution in [1.82, 2.24) is 15.1 Å². The van der Waals surface area contributed by atoms with Crippen molar-refractivity contribution in [3.63, 3.8) is 0 Å². The van der Waals surface area contributed by atoms with Crippen LogP contribution in [0.2, 0.25) is 0 Å². The van der Waals surface area contributed by atoms with E-state index in [1.165, 1.54) is 7.11 Å². The SMILES string of the molecule is CCOC(=O)CNC(=O)c1nn(-c2ccccc2OC)c(=O)cc1O. The van der Waals surface area contributed by atoms with Crippen molar-refractivity contribution in [1.29, 1.82) is 0 Å². The lowest BCUT2D eigenvalue weighted by Crippen LogP contribution is -2.33. The second kappa shape index (κ2) is 7.95. The molecule has 0 saturated carbocycles. The van der Waals surface area contributed by atoms with Crippen LogP contribution in [0.1, 0.15) is 17.4 Å². The Labute approximate surface area is 142 Å². The monoisotopic (exact) mass is 347 g/mol. The van der Waals surface area contributed by atoms with Gasteiger partial charge in [-0.2, -0.15) is 9.78 Å². The maximum atomic E-state index is 12.1. The minimum absolute atomic E-state index is 0.177. The summed E-state index contributed by atoms with van der Waals surface area (Å²) in [5.74, 6) is -1.69. The van der Waals surface area contributed by atoms with Crippen LogP contribution in [0.15, 0.2) is 35.1 Å². The predicted octanol–water partition coefficient (Wildman–Crippen LogP) is 0.240. The number of aromatic hydroxyl groups is 1. The molecule has 132 valence electrons. The number of amides is 1. The summed E-state index contributed by atoms with van der Waals surface area (Å²) in [5.41, 5.74) is -0.756. The third-order valence-corrected chi connectivity index (χ3v) is 3.14. The number of nitrogens with zero attached hydrogens (tertiary/aromatic N) is 2. The van der Waals surface area contributed by atoms with Crippen molar-refractivity contribution in [3.8, 4) is 17.2 Å². The molecule has 0 radical (unpaired) electrons. The van der Waals surface area contributed by atoms with E-state index in [-0.39, 0.29) is 13.2 Å². The molecule has 0 fully saturated rings. The number of hydrogen-bond donors (Lipinski definition) is 2. The molecule has 0 atom stereocenters. The number of benzene rings is 1. The number of carbonyl (C=O) groups is 2. The highest BCUT2D eigenvalue weighted by Crippen LogP contribution is 2.21. The van der Waals surface area contributed by atoms with E-state index >= 15 is 0 Å². The molecule has 1 amide bonds. The minimum Gasteiger partial charge on any atom is -0.505 e. The zero-order chi connectivity index (χ0) is 18.4. The number of esters is 1. The fourth-order valence-corrected chi connectivity index (χ4v) is 2.03. The second-order valence-electron chi connectivity index (χ2n) is 4.79. The van der Waals surface area contributed by atoms with E-state index in [9.17, 15) is 19.5 Å². The predicted molar refractivity (Wildman–Crippen MR) is 87.0 cm³/mol. The molecule has 0 aliphatic heterocycles. The maximum absolute atomic E-state index is 12.1. The fraction of sp³-hybridized carbons (Fsp3) is 0.250. The Morgan fingerprint density at radius 2 is 2.04 bits per heavy atom. The first-order valence-corrected chi connectivity index (χ1v) is 7.38. The molecule has 25 heavy (non-hydrogen) atoms. The fourth-order valence-electron chi connectivity index (χ4n) is 2.03. The first kappa shape index (κ1) is 18.0. The molecule has 9 nitrogen and oxygen atoms in total. The van der Waals surface area contributed by atoms with Gasteiger partial charge in [-0.1, -0.05) is 12.1 Å². The summed E-state index contributed by atoms with van der Waals surface area (Å²) in [6.45, 7) is 1.43. The molecule has 2 N–H and O–H groups in total. The van der Waals surface area contributed by atoms with Gasteiger partial charge in [0.15, 0.2) is 11.4 Å². The largest absolute Gasteiger partial charge is 0.505 e. The number of para-hydroxylation sites is 2. The van der Waals surface area contributed by atoms with Gasteiger partial charge in [0.1, 0.15) is 18.0 Å². The van der Waals surface area contributed by atoms with Crippen LogP contribution in [-0.2, 0) is 9.53 Å². The highest BCUT2D eigenvalue weighted by atomic mass is 16.5. The molecule has 0 aliphatic carbocycles. The Morgan fingerprint density at radius 1 is 1.32 bits per heavy atom. The summed E-state index contributed by atoms with van der Waals surface area (Å²) >= 11 is 0. The Kier molecular flexibility index (Phi) is 5.72. The lowest BCUT2D eigenvalue weighted by Gasteiger charge is -2.11. The third-order valence-electron chi connectivity index (χ3n) is 3.14. The van der Waals surface area contributed by atoms with Crippen molar-refractivity contribution in [3.05, 3.63) is 46.4 Å². The lowest BCUT2D eigenvalue weighted by molar-refractivity contribution is -0.141. The Balaban J connectivity index is 2.36. The van der Waals surface area contributed by atoms with Gasteiger partial charge in [0.2, 0.25) is 0 Å². The van der Waals surface area contributed by atoms with Crippen molar-refractivity contribution in [2.75, 3.05) is 20.3 Å². The van der Waals surface area contributed by atoms with Gasteiger partial charge in [0.05, 0.1) is 13.7 Å². The van der Waals surface area contributed by atoms with Gasteiger partial charge < -0.3 is 19.9 Å². The molecule has 0 bridgehead atoms. The molecule has 0 unspecified atom stereocenters. The van der Waals surface area contributed by atoms with Crippen LogP contribution in [0.25, 0.3) is 5.69 Å². The summed E-state index contributed by atoms with van der Waals surface area (Å²) in [5, 5.41) is 16.0. The number of hydrogen-bond acceptors (Lipinski definition) is 7. The van der Waals surface area contributed by atoms with Crippen LogP contribution < -0.4 is 15.6 Å². The zero-order valence-electron chi connectivity index (χ0n) is 13.7. The number of nitrogens with one attached hydrogen (secondary N) is 1. The van der Waals surface area contributed by atoms with Gasteiger partial charge in [0, 0.05) is 6.07 Å². The smallest absolute Gasteiger partial charge is 0.325 e. The molecule has 2 aromatic rings. The molecule has 0 saturated heterocycles. The van der Waals surface area contributed by atoms with E-state index in [4.69, 9.17) is 9.47 Å². The van der Waals surface area contributed by atoms with E-state index in [1.807, 2.05) is 0 Å². The van der Waals surface area contributed by atoms with Crippen LogP contribution in [0, 0.1) is 0 Å². The highest BCUT2D eigenvalue weighted by Gasteiger charge is 2.19. The van der Waals surface area contributed by atoms with Gasteiger partial charge in [-0.25, -0.2) is 0 Å². The summed E-state index contributed by atoms with van der Waals surface area (Å²) in [4.78, 5) is 35.5. The number of ether oxygens (including phenoxy) is 2. The molecule has 1 aromatic heterocycles. The van der Waals surface area contributed by atoms with Gasteiger partial charge >= 0.3 is 5.97 Å². The molecular weight excluding hydrogens is 330 g/mol. The van der Waals surface area contributed by atoms with Gasteiger partial charge in [-0.05, 0) is 19.1 Å². The van der Waals surface area contributed by atoms with Crippen molar-refractivity contribution in [2.24, 2.45) is 0 Å². The first-order valence-electron chi connectivity index (χ1n) is 7.38. The van der Waals surface area contributed by atoms with Crippen LogP contribution >= 0.6 is 0 Å². The van der Waals surface area contributed by atoms with Crippen molar-refractivity contribution in [2.45, 2.75) is 6.92 Å². The van der Waals surface area contributed by atoms with Gasteiger partial charge in [-0.3, -0.25) is 14.4 Å². The molecule has 0 aliphatic rings. The normalized spacial score (nSPS) is 10.2. The van der Waals surface area contributed by atoms with E-state index in [0.717, 1.165) is 10.7 Å². The van der Waals surface area contributed by atoms with Crippen LogP contribution in [0.5, 0.6) is 11.5 Å². The van der Waals surface area contributed by atoms with Gasteiger partial charge in [0.25, 0.3) is 11.5 Å². The highest BCUT2D eigenvalue weighted by molar-refractivity contribution is 5.96. The first-order chi connectivity index (χ1) is 12.0. The topological polar surface area (TPSA) is 120 Å². The summed E-state index contributed by atoms with van der Waals surface area (Å²) in [6.07, 6.45) is 0. The van der Waals surface area contributed by atoms with E-state index in [2.05, 4.69) is 10.4 Å².